The van der Waals surface area contributed by atoms with E-state index in [1.165, 1.54) is 29.7 Å². The molecule has 2 saturated carbocycles. The number of nitrogens with zero attached hydrogens (tertiary/aromatic N) is 1. The van der Waals surface area contributed by atoms with E-state index in [-0.39, 0.29) is 28.9 Å². The number of morpholine rings is 1. The van der Waals surface area contributed by atoms with Crippen molar-refractivity contribution < 1.29 is 14.3 Å². The Kier molecular flexibility index (Phi) is 4.90. The zero-order valence-corrected chi connectivity index (χ0v) is 18.9. The molecule has 30 heavy (non-hydrogen) atoms. The second-order valence-corrected chi connectivity index (χ2v) is 10.6. The minimum Gasteiger partial charge on any atom is -0.378 e. The molecule has 1 aromatic carbocycles. The zero-order chi connectivity index (χ0) is 21.1. The monoisotopic (exact) mass is 412 g/mol. The summed E-state index contributed by atoms with van der Waals surface area (Å²) in [5, 5.41) is 3.38. The number of fused-ring (bicyclic) bond motifs is 1. The summed E-state index contributed by atoms with van der Waals surface area (Å²) < 4.78 is 12.0. The second-order valence-electron chi connectivity index (χ2n) is 10.6. The lowest BCUT2D eigenvalue weighted by molar-refractivity contribution is -0.136. The average Bonchev–Trinajstić information content (AvgIpc) is 3.21. The molecule has 1 N–H and O–H groups in total. The number of aryl methyl sites for hydroxylation is 1. The molecule has 0 unspecified atom stereocenters. The highest BCUT2D eigenvalue weighted by molar-refractivity contribution is 5.73. The number of hydrogen-bond donors (Lipinski definition) is 1. The van der Waals surface area contributed by atoms with Crippen LogP contribution in [0.4, 0.5) is 5.69 Å². The lowest BCUT2D eigenvalue weighted by Gasteiger charge is -2.53. The lowest BCUT2D eigenvalue weighted by atomic mass is 9.58. The molecule has 1 spiro atoms. The molecule has 5 rings (SSSR count). The van der Waals surface area contributed by atoms with Crippen LogP contribution in [0.1, 0.15) is 57.3 Å². The molecule has 4 aliphatic rings. The van der Waals surface area contributed by atoms with Crippen LogP contribution in [-0.4, -0.2) is 44.9 Å². The number of nitrogens with one attached hydrogen (secondary N) is 1. The zero-order valence-electron chi connectivity index (χ0n) is 18.9. The number of anilines is 1. The minimum absolute atomic E-state index is 0.0998. The van der Waals surface area contributed by atoms with Crippen molar-refractivity contribution in [3.05, 3.63) is 29.3 Å². The molecule has 0 aromatic heterocycles. The Balaban J connectivity index is 1.45. The number of ether oxygens (including phenoxy) is 2. The largest absolute Gasteiger partial charge is 0.378 e. The van der Waals surface area contributed by atoms with Crippen LogP contribution in [0.5, 0.6) is 0 Å². The first-order valence-electron chi connectivity index (χ1n) is 11.6. The van der Waals surface area contributed by atoms with Gasteiger partial charge in [0.15, 0.2) is 0 Å². The van der Waals surface area contributed by atoms with Crippen LogP contribution >= 0.6 is 0 Å². The van der Waals surface area contributed by atoms with Crippen molar-refractivity contribution >= 4 is 11.6 Å². The normalized spacial score (nSPS) is 37.1. The van der Waals surface area contributed by atoms with Crippen LogP contribution in [0.3, 0.4) is 0 Å². The number of benzene rings is 1. The van der Waals surface area contributed by atoms with E-state index in [1.807, 2.05) is 0 Å². The van der Waals surface area contributed by atoms with Crippen molar-refractivity contribution in [1.82, 2.24) is 5.32 Å². The van der Waals surface area contributed by atoms with Gasteiger partial charge in [-0.15, -0.1) is 0 Å². The molecule has 5 atom stereocenters. The molecular formula is C25H36N2O3. The van der Waals surface area contributed by atoms with Crippen LogP contribution in [0.25, 0.3) is 0 Å². The van der Waals surface area contributed by atoms with Crippen LogP contribution in [0.2, 0.25) is 0 Å². The first-order valence-corrected chi connectivity index (χ1v) is 11.6. The second kappa shape index (κ2) is 7.23. The highest BCUT2D eigenvalue weighted by Crippen LogP contribution is 2.70. The minimum atomic E-state index is 0.0998. The highest BCUT2D eigenvalue weighted by atomic mass is 16.5. The van der Waals surface area contributed by atoms with E-state index in [4.69, 9.17) is 9.47 Å². The SMILES string of the molecule is CC(=O)N[C@@H]1C(C)(C)[C@@H]2C[C@@H]3[C@@H](c4ccc(N5CCOCC5)cc4C)OCC[C@@]31C2. The number of carbonyl (C=O) groups is 1. The van der Waals surface area contributed by atoms with Gasteiger partial charge in [-0.2, -0.15) is 0 Å². The third-order valence-corrected chi connectivity index (χ3v) is 8.79. The van der Waals surface area contributed by atoms with Gasteiger partial charge in [0.2, 0.25) is 5.91 Å². The lowest BCUT2D eigenvalue weighted by Crippen LogP contribution is -2.58. The van der Waals surface area contributed by atoms with E-state index < -0.39 is 0 Å². The molecule has 164 valence electrons. The summed E-state index contributed by atoms with van der Waals surface area (Å²) in [6, 6.07) is 7.13. The van der Waals surface area contributed by atoms with Gasteiger partial charge in [-0.25, -0.2) is 0 Å². The Bertz CT molecular complexity index is 832. The molecule has 1 aromatic rings. The van der Waals surface area contributed by atoms with Crippen LogP contribution in [0, 0.1) is 29.6 Å². The molecule has 2 saturated heterocycles. The first kappa shape index (κ1) is 20.3. The third-order valence-electron chi connectivity index (χ3n) is 8.79. The summed E-state index contributed by atoms with van der Waals surface area (Å²) >= 11 is 0. The molecule has 2 heterocycles. The highest BCUT2D eigenvalue weighted by Gasteiger charge is 2.68. The molecule has 2 aliphatic carbocycles. The summed E-state index contributed by atoms with van der Waals surface area (Å²) in [5.41, 5.74) is 4.26. The summed E-state index contributed by atoms with van der Waals surface area (Å²) in [7, 11) is 0. The van der Waals surface area contributed by atoms with E-state index in [0.717, 1.165) is 39.3 Å². The van der Waals surface area contributed by atoms with Gasteiger partial charge in [-0.05, 0) is 72.1 Å². The van der Waals surface area contributed by atoms with E-state index in [0.29, 0.717) is 11.8 Å². The van der Waals surface area contributed by atoms with Crippen molar-refractivity contribution in [1.29, 1.82) is 0 Å². The fourth-order valence-corrected chi connectivity index (χ4v) is 7.30. The van der Waals surface area contributed by atoms with Gasteiger partial charge < -0.3 is 19.7 Å². The number of amides is 1. The van der Waals surface area contributed by atoms with E-state index in [9.17, 15) is 4.79 Å². The molecule has 0 radical (unpaired) electrons. The van der Waals surface area contributed by atoms with E-state index in [1.54, 1.807) is 6.92 Å². The Morgan fingerprint density at radius 3 is 2.67 bits per heavy atom. The number of carbonyl (C=O) groups excluding carboxylic acids is 1. The molecule has 4 fully saturated rings. The molecule has 5 nitrogen and oxygen atoms in total. The van der Waals surface area contributed by atoms with Crippen LogP contribution < -0.4 is 10.2 Å². The number of rotatable bonds is 3. The van der Waals surface area contributed by atoms with Gasteiger partial charge in [0.1, 0.15) is 0 Å². The topological polar surface area (TPSA) is 50.8 Å². The van der Waals surface area contributed by atoms with Gasteiger partial charge in [-0.3, -0.25) is 4.79 Å². The molecule has 5 heteroatoms. The Morgan fingerprint density at radius 2 is 1.97 bits per heavy atom. The van der Waals surface area contributed by atoms with Gasteiger partial charge >= 0.3 is 0 Å². The molecule has 1 amide bonds. The van der Waals surface area contributed by atoms with Crippen molar-refractivity contribution in [2.45, 2.75) is 59.1 Å². The predicted molar refractivity (Wildman–Crippen MR) is 118 cm³/mol. The molecule has 2 aliphatic heterocycles. The van der Waals surface area contributed by atoms with Crippen molar-refractivity contribution in [3.8, 4) is 0 Å². The van der Waals surface area contributed by atoms with Crippen molar-refractivity contribution in [2.75, 3.05) is 37.8 Å². The van der Waals surface area contributed by atoms with Gasteiger partial charge in [0, 0.05) is 38.3 Å². The van der Waals surface area contributed by atoms with E-state index >= 15 is 0 Å². The van der Waals surface area contributed by atoms with Gasteiger partial charge in [0.05, 0.1) is 19.3 Å². The Hall–Kier alpha value is -1.59. The third kappa shape index (κ3) is 3.00. The van der Waals surface area contributed by atoms with Gasteiger partial charge in [-0.1, -0.05) is 19.9 Å². The summed E-state index contributed by atoms with van der Waals surface area (Å²) in [6.45, 7) is 12.9. The first-order chi connectivity index (χ1) is 14.3. The Labute approximate surface area is 180 Å². The van der Waals surface area contributed by atoms with Crippen molar-refractivity contribution in [2.24, 2.45) is 22.7 Å². The quantitative estimate of drug-likeness (QED) is 0.819. The van der Waals surface area contributed by atoms with Crippen LogP contribution in [0.15, 0.2) is 18.2 Å². The maximum absolute atomic E-state index is 12.1. The average molecular weight is 413 g/mol. The smallest absolute Gasteiger partial charge is 0.217 e. The van der Waals surface area contributed by atoms with Gasteiger partial charge in [0.25, 0.3) is 0 Å². The maximum Gasteiger partial charge on any atom is 0.217 e. The maximum atomic E-state index is 12.1. The molecule has 2 bridgehead atoms. The summed E-state index contributed by atoms with van der Waals surface area (Å²) in [4.78, 5) is 14.5. The predicted octanol–water partition coefficient (Wildman–Crippen LogP) is 3.85. The van der Waals surface area contributed by atoms with E-state index in [2.05, 4.69) is 49.2 Å². The molecular weight excluding hydrogens is 376 g/mol. The summed E-state index contributed by atoms with van der Waals surface area (Å²) in [5.74, 6) is 1.23. The standard InChI is InChI=1S/C25H36N2O3/c1-16-13-19(27-8-11-29-12-9-27)5-6-20(16)22-21-14-18-15-25(21,7-10-30-22)23(24(18,3)4)26-17(2)28/h5-6,13,18,21-23H,7-12,14-15H2,1-4H3,(H,26,28)/t18-,21-,22-,23-,25-/m1/s1. The summed E-state index contributed by atoms with van der Waals surface area (Å²) in [6.07, 6.45) is 3.62. The number of hydrogen-bond acceptors (Lipinski definition) is 4. The fourth-order valence-electron chi connectivity index (χ4n) is 7.30. The van der Waals surface area contributed by atoms with Crippen LogP contribution in [-0.2, 0) is 14.3 Å². The fraction of sp³-hybridized carbons (Fsp3) is 0.720. The Morgan fingerprint density at radius 1 is 1.20 bits per heavy atom. The van der Waals surface area contributed by atoms with Crippen molar-refractivity contribution in [3.63, 3.8) is 0 Å².